The van der Waals surface area contributed by atoms with Crippen LogP contribution in [0.15, 0.2) is 12.1 Å². The second-order valence-electron chi connectivity index (χ2n) is 3.80. The maximum absolute atomic E-state index is 11.6. The highest BCUT2D eigenvalue weighted by Crippen LogP contribution is 2.40. The topological polar surface area (TPSA) is 90.7 Å². The zero-order valence-electron chi connectivity index (χ0n) is 10.0. The number of anilines is 1. The van der Waals surface area contributed by atoms with Gasteiger partial charge in [0, 0.05) is 11.1 Å². The minimum atomic E-state index is -0.910. The van der Waals surface area contributed by atoms with E-state index in [0.717, 1.165) is 0 Å². The summed E-state index contributed by atoms with van der Waals surface area (Å²) in [5.41, 5.74) is 0.101. The molecule has 8 heteroatoms. The summed E-state index contributed by atoms with van der Waals surface area (Å²) in [4.78, 5) is 21.9. The second-order valence-corrected chi connectivity index (χ2v) is 4.23. The van der Waals surface area contributed by atoms with Crippen molar-refractivity contribution in [1.82, 2.24) is 0 Å². The second kappa shape index (κ2) is 5.31. The van der Waals surface area contributed by atoms with Crippen molar-refractivity contribution >= 4 is 28.9 Å². The van der Waals surface area contributed by atoms with Gasteiger partial charge in [-0.05, 0) is 13.0 Å². The third-order valence-corrected chi connectivity index (χ3v) is 2.74. The van der Waals surface area contributed by atoms with Crippen molar-refractivity contribution < 1.29 is 19.2 Å². The molecule has 0 spiro atoms. The summed E-state index contributed by atoms with van der Waals surface area (Å²) in [6, 6.07) is 2.68. The quantitative estimate of drug-likeness (QED) is 0.519. The number of ether oxygens (including phenoxy) is 2. The summed E-state index contributed by atoms with van der Waals surface area (Å²) in [6.45, 7) is 2.06. The Morgan fingerprint density at radius 3 is 3.05 bits per heavy atom. The van der Waals surface area contributed by atoms with Crippen molar-refractivity contribution in [2.75, 3.05) is 18.5 Å². The molecule has 1 aromatic rings. The first kappa shape index (κ1) is 13.4. The van der Waals surface area contributed by atoms with E-state index in [-0.39, 0.29) is 29.6 Å². The van der Waals surface area contributed by atoms with Gasteiger partial charge in [-0.2, -0.15) is 0 Å². The van der Waals surface area contributed by atoms with Gasteiger partial charge in [-0.1, -0.05) is 11.6 Å². The van der Waals surface area contributed by atoms with Gasteiger partial charge in [0.2, 0.25) is 11.9 Å². The van der Waals surface area contributed by atoms with Gasteiger partial charge in [-0.3, -0.25) is 10.1 Å². The van der Waals surface area contributed by atoms with Crippen LogP contribution < -0.4 is 10.1 Å². The van der Waals surface area contributed by atoms with Gasteiger partial charge >= 0.3 is 11.7 Å². The number of esters is 1. The highest BCUT2D eigenvalue weighted by Gasteiger charge is 2.32. The molecule has 0 aromatic heterocycles. The van der Waals surface area contributed by atoms with E-state index in [2.05, 4.69) is 5.32 Å². The van der Waals surface area contributed by atoms with Crippen LogP contribution in [0, 0.1) is 10.1 Å². The third kappa shape index (κ3) is 2.70. The summed E-state index contributed by atoms with van der Waals surface area (Å²) in [5, 5.41) is 14.0. The van der Waals surface area contributed by atoms with Crippen LogP contribution >= 0.6 is 11.6 Å². The van der Waals surface area contributed by atoms with Crippen molar-refractivity contribution in [1.29, 1.82) is 0 Å². The van der Waals surface area contributed by atoms with Crippen LogP contribution in [0.1, 0.15) is 6.92 Å². The SMILES string of the molecule is CCOC(=O)C1CNc2cc(Cl)cc([N+](=O)[O-])c2O1. The molecule has 1 aromatic carbocycles. The molecule has 7 nitrogen and oxygen atoms in total. The lowest BCUT2D eigenvalue weighted by atomic mass is 10.2. The average molecular weight is 287 g/mol. The fraction of sp³-hybridized carbons (Fsp3) is 0.364. The average Bonchev–Trinajstić information content (AvgIpc) is 2.37. The molecule has 19 heavy (non-hydrogen) atoms. The number of halogens is 1. The number of nitrogens with zero attached hydrogens (tertiary/aromatic N) is 1. The number of carbonyl (C=O) groups excluding carboxylic acids is 1. The number of nitrogens with one attached hydrogen (secondary N) is 1. The molecular formula is C11H11ClN2O5. The van der Waals surface area contributed by atoms with Gasteiger partial charge in [0.25, 0.3) is 0 Å². The fourth-order valence-electron chi connectivity index (χ4n) is 1.72. The van der Waals surface area contributed by atoms with E-state index in [1.54, 1.807) is 6.92 Å². The number of hydrogen-bond donors (Lipinski definition) is 1. The molecule has 1 aliphatic rings. The highest BCUT2D eigenvalue weighted by atomic mass is 35.5. The van der Waals surface area contributed by atoms with Crippen LogP contribution in [-0.4, -0.2) is 30.1 Å². The Bertz CT molecular complexity index is 534. The predicted octanol–water partition coefficient (Wildman–Crippen LogP) is 1.98. The van der Waals surface area contributed by atoms with Gasteiger partial charge in [-0.25, -0.2) is 4.79 Å². The Kier molecular flexibility index (Phi) is 3.75. The normalized spacial score (nSPS) is 16.8. The summed E-state index contributed by atoms with van der Waals surface area (Å²) in [7, 11) is 0. The van der Waals surface area contributed by atoms with Crippen LogP contribution in [0.5, 0.6) is 5.75 Å². The molecular weight excluding hydrogens is 276 g/mol. The zero-order chi connectivity index (χ0) is 14.0. The van der Waals surface area contributed by atoms with E-state index in [0.29, 0.717) is 5.69 Å². The summed E-state index contributed by atoms with van der Waals surface area (Å²) >= 11 is 5.78. The zero-order valence-corrected chi connectivity index (χ0v) is 10.8. The smallest absolute Gasteiger partial charge is 0.349 e. The lowest BCUT2D eigenvalue weighted by Gasteiger charge is -2.25. The lowest BCUT2D eigenvalue weighted by molar-refractivity contribution is -0.386. The van der Waals surface area contributed by atoms with Crippen LogP contribution in [0.25, 0.3) is 0 Å². The molecule has 0 amide bonds. The molecule has 1 aliphatic heterocycles. The Morgan fingerprint density at radius 2 is 2.42 bits per heavy atom. The predicted molar refractivity (Wildman–Crippen MR) is 67.6 cm³/mol. The largest absolute Gasteiger partial charge is 0.468 e. The molecule has 1 atom stereocenters. The van der Waals surface area contributed by atoms with E-state index >= 15 is 0 Å². The summed E-state index contributed by atoms with van der Waals surface area (Å²) in [6.07, 6.45) is -0.910. The van der Waals surface area contributed by atoms with Crippen molar-refractivity contribution in [2.45, 2.75) is 13.0 Å². The van der Waals surface area contributed by atoms with Crippen LogP contribution in [0.2, 0.25) is 5.02 Å². The first-order valence-electron chi connectivity index (χ1n) is 5.58. The molecule has 0 saturated carbocycles. The molecule has 0 saturated heterocycles. The Hall–Kier alpha value is -2.02. The number of benzene rings is 1. The molecule has 0 radical (unpaired) electrons. The standard InChI is InChI=1S/C11H11ClN2O5/c1-2-18-11(15)9-5-13-7-3-6(12)4-8(14(16)17)10(7)19-9/h3-4,9,13H,2,5H2,1H3. The van der Waals surface area contributed by atoms with Crippen molar-refractivity contribution in [3.05, 3.63) is 27.3 Å². The molecule has 102 valence electrons. The molecule has 0 fully saturated rings. The van der Waals surface area contributed by atoms with E-state index in [1.807, 2.05) is 0 Å². The molecule has 0 aliphatic carbocycles. The number of nitro groups is 1. The third-order valence-electron chi connectivity index (χ3n) is 2.52. The number of carbonyl (C=O) groups is 1. The highest BCUT2D eigenvalue weighted by molar-refractivity contribution is 6.31. The van der Waals surface area contributed by atoms with Crippen molar-refractivity contribution in [3.63, 3.8) is 0 Å². The molecule has 1 N–H and O–H groups in total. The van der Waals surface area contributed by atoms with Crippen LogP contribution in [-0.2, 0) is 9.53 Å². The molecule has 2 rings (SSSR count). The van der Waals surface area contributed by atoms with E-state index in [1.165, 1.54) is 12.1 Å². The Labute approximate surface area is 113 Å². The monoisotopic (exact) mass is 286 g/mol. The van der Waals surface area contributed by atoms with Crippen LogP contribution in [0.3, 0.4) is 0 Å². The van der Waals surface area contributed by atoms with E-state index < -0.39 is 17.0 Å². The van der Waals surface area contributed by atoms with E-state index in [9.17, 15) is 14.9 Å². The van der Waals surface area contributed by atoms with Gasteiger partial charge in [0.15, 0.2) is 0 Å². The number of fused-ring (bicyclic) bond motifs is 1. The number of rotatable bonds is 3. The molecule has 0 bridgehead atoms. The minimum Gasteiger partial charge on any atom is -0.468 e. The van der Waals surface area contributed by atoms with Crippen molar-refractivity contribution in [3.8, 4) is 5.75 Å². The number of nitro benzene ring substituents is 1. The van der Waals surface area contributed by atoms with Gasteiger partial charge in [0.05, 0.1) is 23.8 Å². The minimum absolute atomic E-state index is 0.00120. The maximum atomic E-state index is 11.6. The molecule has 1 heterocycles. The summed E-state index contributed by atoms with van der Waals surface area (Å²) < 4.78 is 10.2. The Morgan fingerprint density at radius 1 is 1.68 bits per heavy atom. The first-order chi connectivity index (χ1) is 9.02. The number of hydrogen-bond acceptors (Lipinski definition) is 6. The van der Waals surface area contributed by atoms with Gasteiger partial charge < -0.3 is 14.8 Å². The summed E-state index contributed by atoms with van der Waals surface area (Å²) in [5.74, 6) is -0.566. The lowest BCUT2D eigenvalue weighted by Crippen LogP contribution is -2.39. The molecule has 1 unspecified atom stereocenters. The first-order valence-corrected chi connectivity index (χ1v) is 5.95. The van der Waals surface area contributed by atoms with Crippen molar-refractivity contribution in [2.24, 2.45) is 0 Å². The van der Waals surface area contributed by atoms with Gasteiger partial charge in [0.1, 0.15) is 0 Å². The van der Waals surface area contributed by atoms with E-state index in [4.69, 9.17) is 21.1 Å². The van der Waals surface area contributed by atoms with Crippen LogP contribution in [0.4, 0.5) is 11.4 Å². The maximum Gasteiger partial charge on any atom is 0.349 e. The Balaban J connectivity index is 2.33. The van der Waals surface area contributed by atoms with Gasteiger partial charge in [-0.15, -0.1) is 0 Å². The fourth-order valence-corrected chi connectivity index (χ4v) is 1.94.